The van der Waals surface area contributed by atoms with Gasteiger partial charge in [0.2, 0.25) is 5.91 Å². The van der Waals surface area contributed by atoms with E-state index in [4.69, 9.17) is 9.47 Å². The van der Waals surface area contributed by atoms with Crippen LogP contribution < -0.4 is 16.0 Å². The van der Waals surface area contributed by atoms with E-state index in [0.29, 0.717) is 18.9 Å². The van der Waals surface area contributed by atoms with Crippen molar-refractivity contribution in [2.45, 2.75) is 45.1 Å². The van der Waals surface area contributed by atoms with Gasteiger partial charge in [-0.15, -0.1) is 0 Å². The number of nitrogens with one attached hydrogen (secondary N) is 3. The maximum absolute atomic E-state index is 11.2. The van der Waals surface area contributed by atoms with Crippen LogP contribution in [0.3, 0.4) is 0 Å². The molecule has 2 aliphatic heterocycles. The average Bonchev–Trinajstić information content (AvgIpc) is 2.61. The number of ether oxygens (including phenoxy) is 2. The Morgan fingerprint density at radius 3 is 2.92 bits per heavy atom. The van der Waals surface area contributed by atoms with Crippen LogP contribution in [-0.2, 0) is 14.3 Å². The number of nitrogens with zero attached hydrogens (tertiary/aromatic N) is 1. The van der Waals surface area contributed by atoms with Crippen LogP contribution in [0.5, 0.6) is 0 Å². The van der Waals surface area contributed by atoms with Gasteiger partial charge in [0.15, 0.2) is 5.96 Å². The standard InChI is InChI=1S/C17H32N4O3/c1-2-18-17(21-15-4-5-16(22)20-12-15)19-8-3-9-24-13-14-6-10-23-11-7-14/h14-15H,2-13H2,1H3,(H,20,22)(H2,18,19,21). The summed E-state index contributed by atoms with van der Waals surface area (Å²) in [5.41, 5.74) is 0. The molecule has 0 aromatic rings. The van der Waals surface area contributed by atoms with E-state index in [9.17, 15) is 4.79 Å². The second-order valence-electron chi connectivity index (χ2n) is 6.43. The SMILES string of the molecule is CCNC(=NCCCOCC1CCOCC1)NC1CCC(=O)NC1. The van der Waals surface area contributed by atoms with E-state index in [1.807, 2.05) is 0 Å². The first kappa shape index (κ1) is 19.0. The molecular weight excluding hydrogens is 308 g/mol. The summed E-state index contributed by atoms with van der Waals surface area (Å²) in [6, 6.07) is 0.255. The first-order valence-electron chi connectivity index (χ1n) is 9.25. The van der Waals surface area contributed by atoms with Crippen molar-refractivity contribution in [2.75, 3.05) is 46.1 Å². The molecule has 138 valence electrons. The van der Waals surface area contributed by atoms with Gasteiger partial charge in [-0.1, -0.05) is 0 Å². The van der Waals surface area contributed by atoms with Crippen LogP contribution in [-0.4, -0.2) is 64.0 Å². The van der Waals surface area contributed by atoms with Gasteiger partial charge in [-0.3, -0.25) is 9.79 Å². The van der Waals surface area contributed by atoms with Crippen molar-refractivity contribution in [2.24, 2.45) is 10.9 Å². The van der Waals surface area contributed by atoms with Crippen molar-refractivity contribution in [3.8, 4) is 0 Å². The van der Waals surface area contributed by atoms with Gasteiger partial charge in [-0.25, -0.2) is 0 Å². The quantitative estimate of drug-likeness (QED) is 0.343. The van der Waals surface area contributed by atoms with Crippen LogP contribution >= 0.6 is 0 Å². The van der Waals surface area contributed by atoms with E-state index in [1.165, 1.54) is 0 Å². The monoisotopic (exact) mass is 340 g/mol. The lowest BCUT2D eigenvalue weighted by Crippen LogP contribution is -2.51. The van der Waals surface area contributed by atoms with Gasteiger partial charge in [-0.2, -0.15) is 0 Å². The lowest BCUT2D eigenvalue weighted by atomic mass is 10.0. The molecule has 1 atom stereocenters. The Balaban J connectivity index is 1.58. The van der Waals surface area contributed by atoms with Crippen LogP contribution in [0.2, 0.25) is 0 Å². The van der Waals surface area contributed by atoms with Gasteiger partial charge < -0.3 is 25.4 Å². The molecule has 1 unspecified atom stereocenters. The van der Waals surface area contributed by atoms with Crippen molar-refractivity contribution in [1.29, 1.82) is 0 Å². The maximum atomic E-state index is 11.2. The van der Waals surface area contributed by atoms with Gasteiger partial charge in [0.25, 0.3) is 0 Å². The Bertz CT molecular complexity index is 387. The molecule has 2 heterocycles. The van der Waals surface area contributed by atoms with Crippen molar-refractivity contribution >= 4 is 11.9 Å². The predicted octanol–water partition coefficient (Wildman–Crippen LogP) is 0.653. The minimum absolute atomic E-state index is 0.136. The Hall–Kier alpha value is -1.34. The molecule has 1 amide bonds. The Kier molecular flexibility index (Phi) is 8.91. The first-order chi connectivity index (χ1) is 11.8. The van der Waals surface area contributed by atoms with Crippen LogP contribution in [0.1, 0.15) is 39.0 Å². The summed E-state index contributed by atoms with van der Waals surface area (Å²) in [7, 11) is 0. The Morgan fingerprint density at radius 1 is 1.38 bits per heavy atom. The number of amides is 1. The van der Waals surface area contributed by atoms with E-state index >= 15 is 0 Å². The van der Waals surface area contributed by atoms with Gasteiger partial charge in [0.05, 0.1) is 0 Å². The lowest BCUT2D eigenvalue weighted by molar-refractivity contribution is -0.122. The molecule has 0 saturated carbocycles. The minimum Gasteiger partial charge on any atom is -0.381 e. The molecule has 2 fully saturated rings. The highest BCUT2D eigenvalue weighted by molar-refractivity contribution is 5.81. The smallest absolute Gasteiger partial charge is 0.220 e. The second-order valence-corrected chi connectivity index (χ2v) is 6.43. The molecular formula is C17H32N4O3. The fourth-order valence-electron chi connectivity index (χ4n) is 2.89. The van der Waals surface area contributed by atoms with Gasteiger partial charge in [0, 0.05) is 58.5 Å². The zero-order valence-electron chi connectivity index (χ0n) is 14.8. The summed E-state index contributed by atoms with van der Waals surface area (Å²) < 4.78 is 11.1. The second kappa shape index (κ2) is 11.3. The number of hydrogen-bond donors (Lipinski definition) is 3. The largest absolute Gasteiger partial charge is 0.381 e. The summed E-state index contributed by atoms with van der Waals surface area (Å²) in [4.78, 5) is 15.8. The van der Waals surface area contributed by atoms with E-state index in [-0.39, 0.29) is 11.9 Å². The molecule has 0 aliphatic carbocycles. The van der Waals surface area contributed by atoms with E-state index in [2.05, 4.69) is 27.9 Å². The number of carbonyl (C=O) groups is 1. The number of carbonyl (C=O) groups excluding carboxylic acids is 1. The summed E-state index contributed by atoms with van der Waals surface area (Å²) in [5.74, 6) is 1.61. The van der Waals surface area contributed by atoms with E-state index < -0.39 is 0 Å². The van der Waals surface area contributed by atoms with Crippen molar-refractivity contribution in [3.63, 3.8) is 0 Å². The minimum atomic E-state index is 0.136. The van der Waals surface area contributed by atoms with E-state index in [0.717, 1.165) is 71.2 Å². The molecule has 7 nitrogen and oxygen atoms in total. The molecule has 0 aromatic carbocycles. The number of guanidine groups is 1. The molecule has 2 aliphatic rings. The summed E-state index contributed by atoms with van der Waals surface area (Å²) in [6.45, 7) is 7.61. The van der Waals surface area contributed by atoms with Gasteiger partial charge in [-0.05, 0) is 38.5 Å². The summed E-state index contributed by atoms with van der Waals surface area (Å²) in [5, 5.41) is 9.53. The highest BCUT2D eigenvalue weighted by atomic mass is 16.5. The summed E-state index contributed by atoms with van der Waals surface area (Å²) >= 11 is 0. The molecule has 7 heteroatoms. The maximum Gasteiger partial charge on any atom is 0.220 e. The molecule has 0 aromatic heterocycles. The molecule has 24 heavy (non-hydrogen) atoms. The summed E-state index contributed by atoms with van der Waals surface area (Å²) in [6.07, 6.45) is 4.58. The third-order valence-corrected chi connectivity index (χ3v) is 4.36. The molecule has 2 saturated heterocycles. The third kappa shape index (κ3) is 7.49. The van der Waals surface area contributed by atoms with Crippen LogP contribution in [0.4, 0.5) is 0 Å². The molecule has 0 spiro atoms. The van der Waals surface area contributed by atoms with Crippen molar-refractivity contribution < 1.29 is 14.3 Å². The first-order valence-corrected chi connectivity index (χ1v) is 9.25. The number of piperidine rings is 1. The van der Waals surface area contributed by atoms with Crippen molar-refractivity contribution in [1.82, 2.24) is 16.0 Å². The number of aliphatic imine (C=N–C) groups is 1. The third-order valence-electron chi connectivity index (χ3n) is 4.36. The molecule has 2 rings (SSSR count). The highest BCUT2D eigenvalue weighted by Gasteiger charge is 2.18. The van der Waals surface area contributed by atoms with Gasteiger partial charge >= 0.3 is 0 Å². The van der Waals surface area contributed by atoms with Crippen LogP contribution in [0.25, 0.3) is 0 Å². The Morgan fingerprint density at radius 2 is 2.21 bits per heavy atom. The van der Waals surface area contributed by atoms with E-state index in [1.54, 1.807) is 0 Å². The molecule has 3 N–H and O–H groups in total. The molecule has 0 bridgehead atoms. The average molecular weight is 340 g/mol. The Labute approximate surface area is 145 Å². The predicted molar refractivity (Wildman–Crippen MR) is 94.1 cm³/mol. The normalized spacial score (nSPS) is 23.0. The highest BCUT2D eigenvalue weighted by Crippen LogP contribution is 2.14. The zero-order valence-corrected chi connectivity index (χ0v) is 14.8. The lowest BCUT2D eigenvalue weighted by Gasteiger charge is -2.25. The van der Waals surface area contributed by atoms with Crippen molar-refractivity contribution in [3.05, 3.63) is 0 Å². The van der Waals surface area contributed by atoms with Crippen LogP contribution in [0, 0.1) is 5.92 Å². The number of hydrogen-bond acceptors (Lipinski definition) is 4. The molecule has 0 radical (unpaired) electrons. The number of rotatable bonds is 8. The fourth-order valence-corrected chi connectivity index (χ4v) is 2.89. The zero-order chi connectivity index (χ0) is 17.0. The van der Waals surface area contributed by atoms with Crippen LogP contribution in [0.15, 0.2) is 4.99 Å². The van der Waals surface area contributed by atoms with Gasteiger partial charge in [0.1, 0.15) is 0 Å². The topological polar surface area (TPSA) is 84.0 Å². The fraction of sp³-hybridized carbons (Fsp3) is 0.882.